The average molecular weight is 415 g/mol. The van der Waals surface area contributed by atoms with Gasteiger partial charge in [-0.2, -0.15) is 13.2 Å². The van der Waals surface area contributed by atoms with Crippen LogP contribution in [0.3, 0.4) is 0 Å². The van der Waals surface area contributed by atoms with Crippen molar-refractivity contribution in [2.45, 2.75) is 18.8 Å². The van der Waals surface area contributed by atoms with Crippen molar-refractivity contribution >= 4 is 23.2 Å². The molecule has 1 aliphatic heterocycles. The van der Waals surface area contributed by atoms with Gasteiger partial charge in [-0.25, -0.2) is 0 Å². The molecule has 2 aromatic rings. The van der Waals surface area contributed by atoms with Crippen molar-refractivity contribution in [3.63, 3.8) is 0 Å². The number of benzene rings is 2. The molecule has 0 radical (unpaired) electrons. The predicted molar refractivity (Wildman–Crippen MR) is 98.8 cm³/mol. The minimum Gasteiger partial charge on any atom is -0.496 e. The molecular weight excluding hydrogens is 397 g/mol. The van der Waals surface area contributed by atoms with Crippen molar-refractivity contribution in [1.29, 1.82) is 0 Å². The van der Waals surface area contributed by atoms with Crippen molar-refractivity contribution in [2.75, 3.05) is 26.1 Å². The zero-order valence-electron chi connectivity index (χ0n) is 15.1. The highest BCUT2D eigenvalue weighted by atomic mass is 35.5. The van der Waals surface area contributed by atoms with Crippen LogP contribution >= 0.6 is 11.6 Å². The minimum absolute atomic E-state index is 0.0891. The lowest BCUT2D eigenvalue weighted by Gasteiger charge is -2.32. The number of amides is 1. The lowest BCUT2D eigenvalue weighted by atomic mass is 10.0. The van der Waals surface area contributed by atoms with Gasteiger partial charge >= 0.3 is 6.18 Å². The van der Waals surface area contributed by atoms with Gasteiger partial charge in [0.2, 0.25) is 5.91 Å². The highest BCUT2D eigenvalue weighted by Crippen LogP contribution is 2.44. The molecule has 1 aliphatic rings. The Morgan fingerprint density at radius 1 is 1.18 bits per heavy atom. The molecule has 0 spiro atoms. The molecule has 0 aliphatic carbocycles. The molecule has 9 heteroatoms. The monoisotopic (exact) mass is 414 g/mol. The van der Waals surface area contributed by atoms with Crippen molar-refractivity contribution in [3.05, 3.63) is 52.5 Å². The number of ether oxygens (including phenoxy) is 2. The van der Waals surface area contributed by atoms with Gasteiger partial charge in [-0.1, -0.05) is 17.7 Å². The molecular formula is C19H18ClF3N2O3. The molecule has 1 atom stereocenters. The van der Waals surface area contributed by atoms with E-state index in [4.69, 9.17) is 21.1 Å². The van der Waals surface area contributed by atoms with Crippen LogP contribution in [0.25, 0.3) is 0 Å². The fourth-order valence-electron chi connectivity index (χ4n) is 3.35. The van der Waals surface area contributed by atoms with Crippen molar-refractivity contribution in [3.8, 4) is 11.5 Å². The summed E-state index contributed by atoms with van der Waals surface area (Å²) in [6.45, 7) is -0.672. The van der Waals surface area contributed by atoms with E-state index in [1.54, 1.807) is 18.2 Å². The SMILES string of the molecule is COc1cccc(OC)c1CN1CC(=O)Nc2ccc(Cl)cc2C1C(F)(F)F. The van der Waals surface area contributed by atoms with Crippen LogP contribution in [0.15, 0.2) is 36.4 Å². The highest BCUT2D eigenvalue weighted by Gasteiger charge is 2.48. The van der Waals surface area contributed by atoms with Crippen molar-refractivity contribution < 1.29 is 27.4 Å². The molecule has 2 aromatic carbocycles. The zero-order chi connectivity index (χ0) is 20.5. The Kier molecular flexibility index (Phi) is 5.71. The summed E-state index contributed by atoms with van der Waals surface area (Å²) in [4.78, 5) is 13.3. The van der Waals surface area contributed by atoms with E-state index >= 15 is 0 Å². The number of hydrogen-bond donors (Lipinski definition) is 1. The Bertz CT molecular complexity index is 867. The molecule has 1 heterocycles. The number of fused-ring (bicyclic) bond motifs is 1. The molecule has 150 valence electrons. The van der Waals surface area contributed by atoms with Crippen LogP contribution < -0.4 is 14.8 Å². The summed E-state index contributed by atoms with van der Waals surface area (Å²) in [5, 5.41) is 2.67. The van der Waals surface area contributed by atoms with Crippen molar-refractivity contribution in [2.24, 2.45) is 0 Å². The molecule has 0 aromatic heterocycles. The number of carbonyl (C=O) groups excluding carboxylic acids is 1. The van der Waals surface area contributed by atoms with E-state index in [0.717, 1.165) is 4.90 Å². The summed E-state index contributed by atoms with van der Waals surface area (Å²) in [6, 6.07) is 6.94. The van der Waals surface area contributed by atoms with Gasteiger partial charge in [0, 0.05) is 22.8 Å². The van der Waals surface area contributed by atoms with Crippen molar-refractivity contribution in [1.82, 2.24) is 4.90 Å². The van der Waals surface area contributed by atoms with E-state index in [9.17, 15) is 18.0 Å². The third-order valence-corrected chi connectivity index (χ3v) is 4.73. The van der Waals surface area contributed by atoms with Crippen LogP contribution in [0.1, 0.15) is 17.2 Å². The first-order valence-electron chi connectivity index (χ1n) is 8.34. The molecule has 5 nitrogen and oxygen atoms in total. The molecule has 1 amide bonds. The van der Waals surface area contributed by atoms with Crippen LogP contribution in [-0.2, 0) is 11.3 Å². The lowest BCUT2D eigenvalue weighted by molar-refractivity contribution is -0.187. The number of alkyl halides is 3. The van der Waals surface area contributed by atoms with E-state index in [-0.39, 0.29) is 22.8 Å². The molecule has 28 heavy (non-hydrogen) atoms. The number of carbonyl (C=O) groups is 1. The van der Waals surface area contributed by atoms with E-state index in [1.807, 2.05) is 0 Å². The van der Waals surface area contributed by atoms with E-state index in [1.165, 1.54) is 32.4 Å². The molecule has 1 unspecified atom stereocenters. The van der Waals surface area contributed by atoms with Crippen LogP contribution in [-0.4, -0.2) is 37.7 Å². The fourth-order valence-corrected chi connectivity index (χ4v) is 3.53. The normalized spacial score (nSPS) is 17.5. The van der Waals surface area contributed by atoms with Crippen LogP contribution in [0.5, 0.6) is 11.5 Å². The Morgan fingerprint density at radius 3 is 2.39 bits per heavy atom. The summed E-state index contributed by atoms with van der Waals surface area (Å²) in [7, 11) is 2.84. The van der Waals surface area contributed by atoms with Crippen LogP contribution in [0, 0.1) is 0 Å². The first-order chi connectivity index (χ1) is 13.2. The summed E-state index contributed by atoms with van der Waals surface area (Å²) in [6.07, 6.45) is -4.64. The third-order valence-electron chi connectivity index (χ3n) is 4.50. The second-order valence-corrected chi connectivity index (χ2v) is 6.71. The van der Waals surface area contributed by atoms with Gasteiger partial charge in [-0.05, 0) is 30.3 Å². The number of hydrogen-bond acceptors (Lipinski definition) is 4. The molecule has 0 saturated heterocycles. The lowest BCUT2D eigenvalue weighted by Crippen LogP contribution is -2.40. The predicted octanol–water partition coefficient (Wildman–Crippen LogP) is 4.41. The summed E-state index contributed by atoms with van der Waals surface area (Å²) < 4.78 is 52.8. The second kappa shape index (κ2) is 7.89. The maximum atomic E-state index is 14.1. The van der Waals surface area contributed by atoms with Gasteiger partial charge in [-0.3, -0.25) is 9.69 Å². The number of halogens is 4. The third kappa shape index (κ3) is 4.02. The van der Waals surface area contributed by atoms with Gasteiger partial charge in [0.05, 0.1) is 26.3 Å². The Morgan fingerprint density at radius 2 is 1.82 bits per heavy atom. The highest BCUT2D eigenvalue weighted by molar-refractivity contribution is 6.30. The summed E-state index contributed by atoms with van der Waals surface area (Å²) in [5.41, 5.74) is 0.394. The fraction of sp³-hybridized carbons (Fsp3) is 0.316. The summed E-state index contributed by atoms with van der Waals surface area (Å²) >= 11 is 5.95. The topological polar surface area (TPSA) is 50.8 Å². The Balaban J connectivity index is 2.12. The van der Waals surface area contributed by atoms with Gasteiger partial charge in [-0.15, -0.1) is 0 Å². The Hall–Kier alpha value is -2.45. The molecule has 1 N–H and O–H groups in total. The molecule has 3 rings (SSSR count). The number of rotatable bonds is 4. The van der Waals surface area contributed by atoms with E-state index < -0.39 is 24.7 Å². The largest absolute Gasteiger partial charge is 0.496 e. The number of nitrogens with zero attached hydrogens (tertiary/aromatic N) is 1. The molecule has 0 saturated carbocycles. The van der Waals surface area contributed by atoms with E-state index in [0.29, 0.717) is 17.1 Å². The maximum Gasteiger partial charge on any atom is 0.408 e. The van der Waals surface area contributed by atoms with Gasteiger partial charge in [0.15, 0.2) is 0 Å². The van der Waals surface area contributed by atoms with Gasteiger partial charge in [0.1, 0.15) is 17.5 Å². The smallest absolute Gasteiger partial charge is 0.408 e. The van der Waals surface area contributed by atoms with Gasteiger partial charge in [0.25, 0.3) is 0 Å². The number of anilines is 1. The quantitative estimate of drug-likeness (QED) is 0.805. The zero-order valence-corrected chi connectivity index (χ0v) is 15.9. The molecule has 0 fully saturated rings. The van der Waals surface area contributed by atoms with Gasteiger partial charge < -0.3 is 14.8 Å². The first-order valence-corrected chi connectivity index (χ1v) is 8.72. The number of methoxy groups -OCH3 is 2. The van der Waals surface area contributed by atoms with E-state index in [2.05, 4.69) is 5.32 Å². The first kappa shape index (κ1) is 20.3. The van der Waals surface area contributed by atoms with Crippen LogP contribution in [0.2, 0.25) is 5.02 Å². The standard InChI is InChI=1S/C19H18ClF3N2O3/c1-27-15-4-3-5-16(28-2)13(15)9-25-10-17(26)24-14-7-6-11(20)8-12(14)18(25)19(21,22)23/h3-8,18H,9-10H2,1-2H3,(H,24,26). The Labute approximate surface area is 165 Å². The maximum absolute atomic E-state index is 14.1. The summed E-state index contributed by atoms with van der Waals surface area (Å²) in [5.74, 6) is 0.191. The molecule has 0 bridgehead atoms. The average Bonchev–Trinajstić information content (AvgIpc) is 2.76. The number of nitrogens with one attached hydrogen (secondary N) is 1. The van der Waals surface area contributed by atoms with Crippen LogP contribution in [0.4, 0.5) is 18.9 Å². The second-order valence-electron chi connectivity index (χ2n) is 6.27. The minimum atomic E-state index is -4.64.